The van der Waals surface area contributed by atoms with Crippen molar-refractivity contribution in [3.8, 4) is 0 Å². The first-order valence-corrected chi connectivity index (χ1v) is 5.91. The van der Waals surface area contributed by atoms with Crippen LogP contribution in [0.3, 0.4) is 0 Å². The van der Waals surface area contributed by atoms with Gasteiger partial charge in [0.2, 0.25) is 0 Å². The minimum atomic E-state index is 0.288. The van der Waals surface area contributed by atoms with Gasteiger partial charge in [-0.2, -0.15) is 5.10 Å². The van der Waals surface area contributed by atoms with Gasteiger partial charge in [0.15, 0.2) is 0 Å². The molecule has 0 saturated heterocycles. The summed E-state index contributed by atoms with van der Waals surface area (Å²) in [5.41, 5.74) is 2.52. The lowest BCUT2D eigenvalue weighted by atomic mass is 9.94. The Balaban J connectivity index is 1.84. The quantitative estimate of drug-likeness (QED) is 0.826. The molecule has 5 heteroatoms. The van der Waals surface area contributed by atoms with Crippen LogP contribution in [0.4, 0.5) is 5.82 Å². The van der Waals surface area contributed by atoms with Crippen LogP contribution in [0.25, 0.3) is 0 Å². The number of aromatic nitrogens is 4. The number of rotatable bonds is 2. The van der Waals surface area contributed by atoms with Crippen molar-refractivity contribution in [2.45, 2.75) is 32.2 Å². The van der Waals surface area contributed by atoms with Crippen molar-refractivity contribution in [1.29, 1.82) is 0 Å². The standard InChI is InChI=1S/C12H15N5/c1-8-13-6-5-11(15-8)16-10-4-2-3-9-7-14-17-12(9)10/h5-7,10H,2-4H2,1H3,(H,14,17)(H,13,15,16). The summed E-state index contributed by atoms with van der Waals surface area (Å²) < 4.78 is 0. The molecule has 88 valence electrons. The highest BCUT2D eigenvalue weighted by Gasteiger charge is 2.22. The second-order valence-electron chi connectivity index (χ2n) is 4.39. The summed E-state index contributed by atoms with van der Waals surface area (Å²) in [7, 11) is 0. The first kappa shape index (κ1) is 10.3. The molecule has 2 aromatic heterocycles. The number of aromatic amines is 1. The molecule has 0 spiro atoms. The molecule has 0 amide bonds. The third kappa shape index (κ3) is 2.00. The maximum atomic E-state index is 4.37. The number of fused-ring (bicyclic) bond motifs is 1. The molecule has 1 unspecified atom stereocenters. The molecule has 0 aromatic carbocycles. The van der Waals surface area contributed by atoms with E-state index in [0.717, 1.165) is 24.5 Å². The topological polar surface area (TPSA) is 66.5 Å². The summed E-state index contributed by atoms with van der Waals surface area (Å²) in [5, 5.41) is 10.6. The van der Waals surface area contributed by atoms with Gasteiger partial charge in [0.25, 0.3) is 0 Å². The molecule has 2 aromatic rings. The number of anilines is 1. The third-order valence-electron chi connectivity index (χ3n) is 3.14. The van der Waals surface area contributed by atoms with Crippen LogP contribution in [-0.2, 0) is 6.42 Å². The van der Waals surface area contributed by atoms with Gasteiger partial charge in [-0.3, -0.25) is 5.10 Å². The molecule has 17 heavy (non-hydrogen) atoms. The fourth-order valence-corrected chi connectivity index (χ4v) is 2.32. The van der Waals surface area contributed by atoms with Gasteiger partial charge in [0.1, 0.15) is 11.6 Å². The van der Waals surface area contributed by atoms with E-state index in [9.17, 15) is 0 Å². The smallest absolute Gasteiger partial charge is 0.130 e. The number of hydrogen-bond acceptors (Lipinski definition) is 4. The molecular formula is C12H15N5. The Morgan fingerprint density at radius 3 is 3.29 bits per heavy atom. The second-order valence-corrected chi connectivity index (χ2v) is 4.39. The van der Waals surface area contributed by atoms with E-state index in [-0.39, 0.29) is 6.04 Å². The minimum absolute atomic E-state index is 0.288. The molecule has 1 aliphatic carbocycles. The average molecular weight is 229 g/mol. The van der Waals surface area contributed by atoms with E-state index < -0.39 is 0 Å². The van der Waals surface area contributed by atoms with Gasteiger partial charge in [-0.15, -0.1) is 0 Å². The zero-order chi connectivity index (χ0) is 11.7. The summed E-state index contributed by atoms with van der Waals surface area (Å²) in [6.07, 6.45) is 7.12. The Morgan fingerprint density at radius 2 is 2.41 bits per heavy atom. The normalized spacial score (nSPS) is 18.8. The van der Waals surface area contributed by atoms with Crippen LogP contribution >= 0.6 is 0 Å². The molecule has 0 fully saturated rings. The molecule has 0 bridgehead atoms. The molecule has 1 aliphatic rings. The highest BCUT2D eigenvalue weighted by Crippen LogP contribution is 2.30. The van der Waals surface area contributed by atoms with Crippen LogP contribution in [-0.4, -0.2) is 20.2 Å². The van der Waals surface area contributed by atoms with Crippen LogP contribution in [0.2, 0.25) is 0 Å². The van der Waals surface area contributed by atoms with E-state index in [0.29, 0.717) is 0 Å². The van der Waals surface area contributed by atoms with Gasteiger partial charge < -0.3 is 5.32 Å². The molecule has 1 atom stereocenters. The Labute approximate surface area is 99.7 Å². The highest BCUT2D eigenvalue weighted by atomic mass is 15.1. The van der Waals surface area contributed by atoms with Crippen LogP contribution in [0, 0.1) is 6.92 Å². The van der Waals surface area contributed by atoms with Crippen molar-refractivity contribution >= 4 is 5.82 Å². The molecule has 2 N–H and O–H groups in total. The fourth-order valence-electron chi connectivity index (χ4n) is 2.32. The van der Waals surface area contributed by atoms with Gasteiger partial charge in [0, 0.05) is 6.20 Å². The summed E-state index contributed by atoms with van der Waals surface area (Å²) in [5.74, 6) is 1.67. The minimum Gasteiger partial charge on any atom is -0.362 e. The maximum Gasteiger partial charge on any atom is 0.130 e. The van der Waals surface area contributed by atoms with Gasteiger partial charge in [-0.05, 0) is 37.8 Å². The second kappa shape index (κ2) is 4.16. The van der Waals surface area contributed by atoms with E-state index in [1.807, 2.05) is 19.2 Å². The van der Waals surface area contributed by atoms with E-state index in [4.69, 9.17) is 0 Å². The van der Waals surface area contributed by atoms with Crippen molar-refractivity contribution in [2.24, 2.45) is 0 Å². The van der Waals surface area contributed by atoms with Crippen molar-refractivity contribution in [1.82, 2.24) is 20.2 Å². The van der Waals surface area contributed by atoms with Crippen LogP contribution in [0.5, 0.6) is 0 Å². The van der Waals surface area contributed by atoms with E-state index in [1.54, 1.807) is 6.20 Å². The largest absolute Gasteiger partial charge is 0.362 e. The first-order valence-electron chi connectivity index (χ1n) is 5.91. The molecule has 3 rings (SSSR count). The van der Waals surface area contributed by atoms with Gasteiger partial charge in [-0.1, -0.05) is 0 Å². The lowest BCUT2D eigenvalue weighted by Crippen LogP contribution is -2.17. The molecular weight excluding hydrogens is 214 g/mol. The number of H-pyrrole nitrogens is 1. The fraction of sp³-hybridized carbons (Fsp3) is 0.417. The van der Waals surface area contributed by atoms with Gasteiger partial charge >= 0.3 is 0 Å². The van der Waals surface area contributed by atoms with Crippen LogP contribution in [0.15, 0.2) is 18.5 Å². The summed E-state index contributed by atoms with van der Waals surface area (Å²) in [6, 6.07) is 2.19. The van der Waals surface area contributed by atoms with Crippen molar-refractivity contribution in [3.63, 3.8) is 0 Å². The van der Waals surface area contributed by atoms with Crippen molar-refractivity contribution in [2.75, 3.05) is 5.32 Å². The summed E-state index contributed by atoms with van der Waals surface area (Å²) in [4.78, 5) is 8.46. The maximum absolute atomic E-state index is 4.37. The van der Waals surface area contributed by atoms with E-state index >= 15 is 0 Å². The van der Waals surface area contributed by atoms with Gasteiger partial charge in [-0.25, -0.2) is 9.97 Å². The Hall–Kier alpha value is -1.91. The van der Waals surface area contributed by atoms with Gasteiger partial charge in [0.05, 0.1) is 17.9 Å². The summed E-state index contributed by atoms with van der Waals surface area (Å²) in [6.45, 7) is 1.90. The Morgan fingerprint density at radius 1 is 1.47 bits per heavy atom. The highest BCUT2D eigenvalue weighted by molar-refractivity contribution is 5.38. The van der Waals surface area contributed by atoms with Crippen molar-refractivity contribution in [3.05, 3.63) is 35.5 Å². The Kier molecular flexibility index (Phi) is 2.51. The molecule has 0 saturated carbocycles. The number of nitrogens with one attached hydrogen (secondary N) is 2. The SMILES string of the molecule is Cc1nccc(NC2CCCc3cn[nH]c32)n1. The lowest BCUT2D eigenvalue weighted by molar-refractivity contribution is 0.586. The Bertz CT molecular complexity index is 519. The number of hydrogen-bond donors (Lipinski definition) is 2. The zero-order valence-corrected chi connectivity index (χ0v) is 9.77. The number of aryl methyl sites for hydroxylation is 2. The van der Waals surface area contributed by atoms with Crippen LogP contribution in [0.1, 0.15) is 36.0 Å². The van der Waals surface area contributed by atoms with Crippen molar-refractivity contribution < 1.29 is 0 Å². The predicted molar refractivity (Wildman–Crippen MR) is 64.7 cm³/mol. The van der Waals surface area contributed by atoms with E-state index in [2.05, 4.69) is 25.5 Å². The average Bonchev–Trinajstić information content (AvgIpc) is 2.78. The lowest BCUT2D eigenvalue weighted by Gasteiger charge is -2.23. The monoisotopic (exact) mass is 229 g/mol. The molecule has 2 heterocycles. The molecule has 0 radical (unpaired) electrons. The van der Waals surface area contributed by atoms with E-state index in [1.165, 1.54) is 17.7 Å². The molecule has 0 aliphatic heterocycles. The first-order chi connectivity index (χ1) is 8.33. The predicted octanol–water partition coefficient (Wildman–Crippen LogP) is 2.00. The van der Waals surface area contributed by atoms with Crippen LogP contribution < -0.4 is 5.32 Å². The summed E-state index contributed by atoms with van der Waals surface area (Å²) >= 11 is 0. The number of nitrogens with zero attached hydrogens (tertiary/aromatic N) is 3. The molecule has 5 nitrogen and oxygen atoms in total. The zero-order valence-electron chi connectivity index (χ0n) is 9.77. The third-order valence-corrected chi connectivity index (χ3v) is 3.14.